The van der Waals surface area contributed by atoms with E-state index in [9.17, 15) is 0 Å². The lowest BCUT2D eigenvalue weighted by Gasteiger charge is -1.92. The van der Waals surface area contributed by atoms with Gasteiger partial charge >= 0.3 is 0 Å². The van der Waals surface area contributed by atoms with E-state index in [4.69, 9.17) is 11.6 Å². The maximum atomic E-state index is 5.89. The van der Waals surface area contributed by atoms with Gasteiger partial charge in [-0.1, -0.05) is 11.6 Å². The van der Waals surface area contributed by atoms with Gasteiger partial charge in [0, 0.05) is 11.1 Å². The Morgan fingerprint density at radius 3 is 3.14 bits per heavy atom. The molecule has 0 atom stereocenters. The minimum absolute atomic E-state index is 0.712. The molecule has 0 aromatic carbocycles. The normalized spacial score (nSPS) is 11.6. The molecule has 0 unspecified atom stereocenters. The van der Waals surface area contributed by atoms with Gasteiger partial charge < -0.3 is 0 Å². The summed E-state index contributed by atoms with van der Waals surface area (Å²) in [6, 6.07) is 6.00. The predicted octanol–water partition coefficient (Wildman–Crippen LogP) is 3.51. The van der Waals surface area contributed by atoms with E-state index in [1.165, 1.54) is 9.58 Å². The second-order valence-corrected chi connectivity index (χ2v) is 4.94. The van der Waals surface area contributed by atoms with Crippen LogP contribution in [0.3, 0.4) is 0 Å². The van der Waals surface area contributed by atoms with Gasteiger partial charge in [-0.15, -0.1) is 11.3 Å². The van der Waals surface area contributed by atoms with Crippen LogP contribution in [0.4, 0.5) is 0 Å². The van der Waals surface area contributed by atoms with Crippen molar-refractivity contribution in [2.75, 3.05) is 0 Å². The first kappa shape index (κ1) is 8.26. The van der Waals surface area contributed by atoms with Crippen molar-refractivity contribution in [3.8, 4) is 0 Å². The summed E-state index contributed by atoms with van der Waals surface area (Å²) in [5.41, 5.74) is 2.18. The van der Waals surface area contributed by atoms with Gasteiger partial charge in [0.1, 0.15) is 5.52 Å². The van der Waals surface area contributed by atoms with Crippen molar-refractivity contribution in [1.29, 1.82) is 0 Å². The van der Waals surface area contributed by atoms with Crippen molar-refractivity contribution in [2.24, 2.45) is 0 Å². The van der Waals surface area contributed by atoms with Gasteiger partial charge in [0.15, 0.2) is 0 Å². The number of fused-ring (bicyclic) bond motifs is 3. The molecule has 0 aliphatic carbocycles. The molecule has 4 heteroatoms. The van der Waals surface area contributed by atoms with Crippen LogP contribution in [0.5, 0.6) is 0 Å². The van der Waals surface area contributed by atoms with Crippen LogP contribution < -0.4 is 0 Å². The van der Waals surface area contributed by atoms with Gasteiger partial charge in [-0.25, -0.2) is 4.52 Å². The molecule has 0 aliphatic rings. The molecule has 0 radical (unpaired) electrons. The van der Waals surface area contributed by atoms with Crippen LogP contribution in [0, 0.1) is 6.92 Å². The zero-order valence-electron chi connectivity index (χ0n) is 7.49. The standard InChI is InChI=1S/C10H7ClN2S/c1-6-4-8-10(14-6)9-3-2-7(11)5-13(9)12-8/h2-5H,1H3. The fourth-order valence-corrected chi connectivity index (χ4v) is 2.72. The highest BCUT2D eigenvalue weighted by Crippen LogP contribution is 2.29. The summed E-state index contributed by atoms with van der Waals surface area (Å²) in [6.45, 7) is 2.10. The maximum absolute atomic E-state index is 5.89. The molecule has 3 heterocycles. The monoisotopic (exact) mass is 222 g/mol. The van der Waals surface area contributed by atoms with Crippen molar-refractivity contribution in [3.63, 3.8) is 0 Å². The number of aromatic nitrogens is 2. The van der Waals surface area contributed by atoms with E-state index in [0.717, 1.165) is 11.0 Å². The topological polar surface area (TPSA) is 17.3 Å². The fraction of sp³-hybridized carbons (Fsp3) is 0.100. The fourth-order valence-electron chi connectivity index (χ4n) is 1.60. The number of rotatable bonds is 0. The molecule has 14 heavy (non-hydrogen) atoms. The van der Waals surface area contributed by atoms with Crippen LogP contribution in [0.25, 0.3) is 15.7 Å². The molecule has 3 aromatic rings. The van der Waals surface area contributed by atoms with Gasteiger partial charge in [0.25, 0.3) is 0 Å². The molecule has 0 aliphatic heterocycles. The predicted molar refractivity (Wildman–Crippen MR) is 60.3 cm³/mol. The van der Waals surface area contributed by atoms with Crippen molar-refractivity contribution < 1.29 is 0 Å². The van der Waals surface area contributed by atoms with Crippen molar-refractivity contribution in [2.45, 2.75) is 6.92 Å². The third-order valence-corrected chi connectivity index (χ3v) is 3.46. The Labute approximate surface area is 89.7 Å². The number of nitrogens with zero attached hydrogens (tertiary/aromatic N) is 2. The van der Waals surface area contributed by atoms with Crippen LogP contribution in [0.2, 0.25) is 5.02 Å². The molecule has 0 fully saturated rings. The van der Waals surface area contributed by atoms with E-state index >= 15 is 0 Å². The number of aryl methyl sites for hydroxylation is 1. The minimum atomic E-state index is 0.712. The van der Waals surface area contributed by atoms with Crippen molar-refractivity contribution in [3.05, 3.63) is 34.3 Å². The van der Waals surface area contributed by atoms with Crippen molar-refractivity contribution >= 4 is 38.7 Å². The number of pyridine rings is 1. The smallest absolute Gasteiger partial charge is 0.104 e. The summed E-state index contributed by atoms with van der Waals surface area (Å²) >= 11 is 7.65. The summed E-state index contributed by atoms with van der Waals surface area (Å²) in [5, 5.41) is 5.15. The minimum Gasteiger partial charge on any atom is -0.237 e. The third-order valence-electron chi connectivity index (χ3n) is 2.18. The van der Waals surface area contributed by atoms with Crippen LogP contribution >= 0.6 is 22.9 Å². The molecule has 0 N–H and O–H groups in total. The van der Waals surface area contributed by atoms with Crippen LogP contribution in [0.15, 0.2) is 24.4 Å². The molecule has 2 nitrogen and oxygen atoms in total. The van der Waals surface area contributed by atoms with Gasteiger partial charge in [-0.05, 0) is 25.1 Å². The summed E-state index contributed by atoms with van der Waals surface area (Å²) in [5.74, 6) is 0. The lowest BCUT2D eigenvalue weighted by Crippen LogP contribution is -1.84. The van der Waals surface area contributed by atoms with Gasteiger partial charge in [0.05, 0.1) is 15.2 Å². The van der Waals surface area contributed by atoms with E-state index in [-0.39, 0.29) is 0 Å². The summed E-state index contributed by atoms with van der Waals surface area (Å²) < 4.78 is 3.07. The second kappa shape index (κ2) is 2.72. The van der Waals surface area contributed by atoms with Crippen LogP contribution in [-0.4, -0.2) is 9.61 Å². The average molecular weight is 223 g/mol. The molecule has 0 bridgehead atoms. The molecule has 0 saturated heterocycles. The molecule has 0 amide bonds. The third kappa shape index (κ3) is 1.06. The average Bonchev–Trinajstić information content (AvgIpc) is 2.59. The van der Waals surface area contributed by atoms with E-state index in [1.54, 1.807) is 11.3 Å². The lowest BCUT2D eigenvalue weighted by molar-refractivity contribution is 0.981. The number of halogens is 1. The second-order valence-electron chi connectivity index (χ2n) is 3.25. The molecule has 70 valence electrons. The summed E-state index contributed by atoms with van der Waals surface area (Å²) in [6.07, 6.45) is 1.83. The molecule has 3 rings (SSSR count). The van der Waals surface area contributed by atoms with Gasteiger partial charge in [0.2, 0.25) is 0 Å². The van der Waals surface area contributed by atoms with E-state index < -0.39 is 0 Å². The molecular formula is C10H7ClN2S. The zero-order chi connectivity index (χ0) is 9.71. The van der Waals surface area contributed by atoms with Crippen LogP contribution in [-0.2, 0) is 0 Å². The summed E-state index contributed by atoms with van der Waals surface area (Å²) in [7, 11) is 0. The Kier molecular flexibility index (Phi) is 1.60. The first-order chi connectivity index (χ1) is 6.74. The van der Waals surface area contributed by atoms with Gasteiger partial charge in [-0.2, -0.15) is 5.10 Å². The SMILES string of the molecule is Cc1cc2nn3cc(Cl)ccc3c2s1. The maximum Gasteiger partial charge on any atom is 0.104 e. The Morgan fingerprint density at radius 1 is 1.43 bits per heavy atom. The Balaban J connectivity index is 2.52. The highest BCUT2D eigenvalue weighted by Gasteiger charge is 2.07. The van der Waals surface area contributed by atoms with E-state index in [0.29, 0.717) is 5.02 Å². The van der Waals surface area contributed by atoms with E-state index in [2.05, 4.69) is 18.1 Å². The summed E-state index contributed by atoms with van der Waals surface area (Å²) in [4.78, 5) is 1.29. The quantitative estimate of drug-likeness (QED) is 0.569. The molecule has 3 aromatic heterocycles. The first-order valence-electron chi connectivity index (χ1n) is 4.28. The first-order valence-corrected chi connectivity index (χ1v) is 5.47. The Morgan fingerprint density at radius 2 is 2.29 bits per heavy atom. The Bertz CT molecular complexity index is 620. The number of thiophene rings is 1. The number of hydrogen-bond donors (Lipinski definition) is 0. The molecule has 0 saturated carbocycles. The van der Waals surface area contributed by atoms with Crippen molar-refractivity contribution in [1.82, 2.24) is 9.61 Å². The Hall–Kier alpha value is -1.06. The highest BCUT2D eigenvalue weighted by atomic mass is 35.5. The lowest BCUT2D eigenvalue weighted by atomic mass is 10.4. The van der Waals surface area contributed by atoms with E-state index in [1.807, 2.05) is 22.8 Å². The van der Waals surface area contributed by atoms with Crippen LogP contribution in [0.1, 0.15) is 4.88 Å². The number of hydrogen-bond acceptors (Lipinski definition) is 2. The molecule has 0 spiro atoms. The molecular weight excluding hydrogens is 216 g/mol. The van der Waals surface area contributed by atoms with Gasteiger partial charge in [-0.3, -0.25) is 0 Å². The highest BCUT2D eigenvalue weighted by molar-refractivity contribution is 7.19. The largest absolute Gasteiger partial charge is 0.237 e. The zero-order valence-corrected chi connectivity index (χ0v) is 9.06.